The lowest BCUT2D eigenvalue weighted by atomic mass is 10.1. The van der Waals surface area contributed by atoms with Crippen molar-refractivity contribution in [2.24, 2.45) is 0 Å². The molecule has 5 heteroatoms. The van der Waals surface area contributed by atoms with Crippen molar-refractivity contribution in [3.8, 4) is 0 Å². The molecule has 1 fully saturated rings. The van der Waals surface area contributed by atoms with Gasteiger partial charge in [0, 0.05) is 23.7 Å². The van der Waals surface area contributed by atoms with Crippen molar-refractivity contribution in [3.05, 3.63) is 33.6 Å². The minimum atomic E-state index is -0.416. The van der Waals surface area contributed by atoms with E-state index in [0.29, 0.717) is 11.1 Å². The highest BCUT2D eigenvalue weighted by Crippen LogP contribution is 2.31. The fourth-order valence-corrected chi connectivity index (χ4v) is 3.05. The Hall–Kier alpha value is -0.350. The van der Waals surface area contributed by atoms with Crippen LogP contribution in [0.4, 0.5) is 4.39 Å². The van der Waals surface area contributed by atoms with E-state index in [1.807, 2.05) is 14.0 Å². The molecule has 0 aliphatic carbocycles. The maximum Gasteiger partial charge on any atom is 0.142 e. The Kier molecular flexibility index (Phi) is 5.07. The zero-order chi connectivity index (χ0) is 14.0. The lowest BCUT2D eigenvalue weighted by molar-refractivity contribution is 0.238. The smallest absolute Gasteiger partial charge is 0.142 e. The van der Waals surface area contributed by atoms with Crippen LogP contribution in [0.3, 0.4) is 0 Å². The van der Waals surface area contributed by atoms with Gasteiger partial charge in [-0.1, -0.05) is 23.2 Å². The molecule has 2 unspecified atom stereocenters. The van der Waals surface area contributed by atoms with Crippen molar-refractivity contribution in [2.75, 3.05) is 20.1 Å². The van der Waals surface area contributed by atoms with Gasteiger partial charge >= 0.3 is 0 Å². The molecule has 0 bridgehead atoms. The van der Waals surface area contributed by atoms with Crippen molar-refractivity contribution in [2.45, 2.75) is 31.8 Å². The summed E-state index contributed by atoms with van der Waals surface area (Å²) in [6.45, 7) is 4.05. The van der Waals surface area contributed by atoms with E-state index in [4.69, 9.17) is 23.2 Å². The molecule has 1 aliphatic heterocycles. The van der Waals surface area contributed by atoms with Crippen LogP contribution in [0.5, 0.6) is 0 Å². The number of halogens is 3. The third-order valence-corrected chi connectivity index (χ3v) is 4.44. The zero-order valence-electron chi connectivity index (χ0n) is 11.2. The molecule has 19 heavy (non-hydrogen) atoms. The standard InChI is InChI=1S/C14H19Cl2FN2/c1-9(19(2)8-10-4-3-5-18-10)11-6-14(17)13(16)7-12(11)15/h6-7,9-10,18H,3-5,8H2,1-2H3. The van der Waals surface area contributed by atoms with Crippen LogP contribution in [-0.4, -0.2) is 31.1 Å². The van der Waals surface area contributed by atoms with Crippen molar-refractivity contribution in [1.82, 2.24) is 10.2 Å². The number of likely N-dealkylation sites (N-methyl/N-ethyl adjacent to an activating group) is 1. The Morgan fingerprint density at radius 3 is 2.79 bits per heavy atom. The maximum atomic E-state index is 13.6. The SMILES string of the molecule is CC(c1cc(F)c(Cl)cc1Cl)N(C)CC1CCCN1. The minimum Gasteiger partial charge on any atom is -0.313 e. The largest absolute Gasteiger partial charge is 0.313 e. The normalized spacial score (nSPS) is 21.1. The van der Waals surface area contributed by atoms with Gasteiger partial charge in [-0.05, 0) is 51.1 Å². The van der Waals surface area contributed by atoms with Gasteiger partial charge in [-0.25, -0.2) is 4.39 Å². The summed E-state index contributed by atoms with van der Waals surface area (Å²) in [5, 5.41) is 4.05. The Morgan fingerprint density at radius 2 is 2.16 bits per heavy atom. The number of benzene rings is 1. The fraction of sp³-hybridized carbons (Fsp3) is 0.571. The molecule has 0 aromatic heterocycles. The minimum absolute atomic E-state index is 0.0571. The van der Waals surface area contributed by atoms with Gasteiger partial charge in [0.15, 0.2) is 0 Å². The monoisotopic (exact) mass is 304 g/mol. The molecule has 1 N–H and O–H groups in total. The summed E-state index contributed by atoms with van der Waals surface area (Å²) in [7, 11) is 2.04. The number of rotatable bonds is 4. The highest BCUT2D eigenvalue weighted by atomic mass is 35.5. The van der Waals surface area contributed by atoms with E-state index < -0.39 is 5.82 Å². The molecule has 2 atom stereocenters. The van der Waals surface area contributed by atoms with E-state index in [0.717, 1.165) is 18.7 Å². The first kappa shape index (κ1) is 15.0. The molecule has 1 saturated heterocycles. The van der Waals surface area contributed by atoms with Crippen molar-refractivity contribution in [1.29, 1.82) is 0 Å². The molecule has 1 heterocycles. The fourth-order valence-electron chi connectivity index (χ4n) is 2.51. The second-order valence-electron chi connectivity index (χ2n) is 5.20. The molecule has 0 spiro atoms. The van der Waals surface area contributed by atoms with Crippen LogP contribution in [0.2, 0.25) is 10.0 Å². The summed E-state index contributed by atoms with van der Waals surface area (Å²) in [5.74, 6) is -0.416. The van der Waals surface area contributed by atoms with Gasteiger partial charge in [0.2, 0.25) is 0 Å². The Labute approximate surface area is 123 Å². The molecule has 0 saturated carbocycles. The highest BCUT2D eigenvalue weighted by molar-refractivity contribution is 6.35. The summed E-state index contributed by atoms with van der Waals surface area (Å²) < 4.78 is 13.6. The van der Waals surface area contributed by atoms with Gasteiger partial charge in [0.05, 0.1) is 5.02 Å². The molecule has 106 valence electrons. The van der Waals surface area contributed by atoms with Crippen LogP contribution in [0.25, 0.3) is 0 Å². The molecule has 2 nitrogen and oxygen atoms in total. The topological polar surface area (TPSA) is 15.3 Å². The number of nitrogens with one attached hydrogen (secondary N) is 1. The molecule has 2 rings (SSSR count). The predicted molar refractivity (Wildman–Crippen MR) is 78.5 cm³/mol. The zero-order valence-corrected chi connectivity index (χ0v) is 12.7. The summed E-state index contributed by atoms with van der Waals surface area (Å²) in [5.41, 5.74) is 0.782. The molecular weight excluding hydrogens is 286 g/mol. The third kappa shape index (κ3) is 3.60. The third-order valence-electron chi connectivity index (χ3n) is 3.82. The van der Waals surface area contributed by atoms with Gasteiger partial charge < -0.3 is 5.32 Å². The van der Waals surface area contributed by atoms with Crippen molar-refractivity contribution < 1.29 is 4.39 Å². The van der Waals surface area contributed by atoms with E-state index in [-0.39, 0.29) is 11.1 Å². The van der Waals surface area contributed by atoms with E-state index in [1.54, 1.807) is 0 Å². The molecular formula is C14H19Cl2FN2. The van der Waals surface area contributed by atoms with Gasteiger partial charge in [-0.3, -0.25) is 4.90 Å². The summed E-state index contributed by atoms with van der Waals surface area (Å²) in [6.07, 6.45) is 2.42. The Bertz CT molecular complexity index is 447. The van der Waals surface area contributed by atoms with E-state index >= 15 is 0 Å². The molecule has 1 aromatic carbocycles. The lowest BCUT2D eigenvalue weighted by Gasteiger charge is -2.28. The second-order valence-corrected chi connectivity index (χ2v) is 6.01. The molecule has 1 aromatic rings. The summed E-state index contributed by atoms with van der Waals surface area (Å²) >= 11 is 11.9. The van der Waals surface area contributed by atoms with Crippen molar-refractivity contribution in [3.63, 3.8) is 0 Å². The maximum absolute atomic E-state index is 13.6. The average Bonchev–Trinajstić information content (AvgIpc) is 2.85. The van der Waals surface area contributed by atoms with Crippen LogP contribution in [-0.2, 0) is 0 Å². The number of nitrogens with zero attached hydrogens (tertiary/aromatic N) is 1. The van der Waals surface area contributed by atoms with Gasteiger partial charge in [-0.2, -0.15) is 0 Å². The predicted octanol–water partition coefficient (Wildman–Crippen LogP) is 3.88. The number of hydrogen-bond donors (Lipinski definition) is 1. The Morgan fingerprint density at radius 1 is 1.42 bits per heavy atom. The molecule has 0 amide bonds. The van der Waals surface area contributed by atoms with Gasteiger partial charge in [0.25, 0.3) is 0 Å². The quantitative estimate of drug-likeness (QED) is 0.849. The first-order chi connectivity index (χ1) is 8.99. The van der Waals surface area contributed by atoms with Gasteiger partial charge in [0.1, 0.15) is 5.82 Å². The van der Waals surface area contributed by atoms with Crippen LogP contribution >= 0.6 is 23.2 Å². The van der Waals surface area contributed by atoms with Crippen LogP contribution < -0.4 is 5.32 Å². The van der Waals surface area contributed by atoms with Gasteiger partial charge in [-0.15, -0.1) is 0 Å². The summed E-state index contributed by atoms with van der Waals surface area (Å²) in [6, 6.07) is 3.49. The van der Waals surface area contributed by atoms with Crippen LogP contribution in [0, 0.1) is 5.82 Å². The first-order valence-electron chi connectivity index (χ1n) is 6.57. The van der Waals surface area contributed by atoms with E-state index in [1.165, 1.54) is 25.0 Å². The Balaban J connectivity index is 2.09. The summed E-state index contributed by atoms with van der Waals surface area (Å²) in [4.78, 5) is 2.19. The van der Waals surface area contributed by atoms with E-state index in [9.17, 15) is 4.39 Å². The highest BCUT2D eigenvalue weighted by Gasteiger charge is 2.21. The molecule has 1 aliphatic rings. The lowest BCUT2D eigenvalue weighted by Crippen LogP contribution is -2.36. The van der Waals surface area contributed by atoms with E-state index in [2.05, 4.69) is 10.2 Å². The first-order valence-corrected chi connectivity index (χ1v) is 7.32. The average molecular weight is 305 g/mol. The molecule has 0 radical (unpaired) electrons. The van der Waals surface area contributed by atoms with Crippen LogP contribution in [0.1, 0.15) is 31.4 Å². The number of hydrogen-bond acceptors (Lipinski definition) is 2. The van der Waals surface area contributed by atoms with Crippen LogP contribution in [0.15, 0.2) is 12.1 Å². The van der Waals surface area contributed by atoms with Crippen molar-refractivity contribution >= 4 is 23.2 Å². The second kappa shape index (κ2) is 6.40.